The lowest BCUT2D eigenvalue weighted by Gasteiger charge is -2.10. The van der Waals surface area contributed by atoms with E-state index in [4.69, 9.17) is 29.3 Å². The molecule has 0 aliphatic carbocycles. The predicted octanol–water partition coefficient (Wildman–Crippen LogP) is 12.2. The maximum Gasteiger partial charge on any atom is 0.164 e. The van der Waals surface area contributed by atoms with Crippen molar-refractivity contribution in [2.24, 2.45) is 0 Å². The van der Waals surface area contributed by atoms with Crippen LogP contribution in [0.1, 0.15) is 0 Å². The topological polar surface area (TPSA) is 77.6 Å². The van der Waals surface area contributed by atoms with Crippen LogP contribution in [0.3, 0.4) is 0 Å². The Kier molecular flexibility index (Phi) is 8.04. The summed E-state index contributed by atoms with van der Waals surface area (Å²) in [6.45, 7) is 0. The fraction of sp³-hybridized carbons (Fsp3) is 0. The van der Waals surface area contributed by atoms with E-state index >= 15 is 0 Å². The quantitative estimate of drug-likeness (QED) is 0.164. The summed E-state index contributed by atoms with van der Waals surface area (Å²) < 4.78 is 6.75. The van der Waals surface area contributed by atoms with Crippen molar-refractivity contribution in [3.8, 4) is 79.2 Å². The van der Waals surface area contributed by atoms with Crippen LogP contribution in [0.15, 0.2) is 192 Å². The lowest BCUT2D eigenvalue weighted by atomic mass is 10.0. The lowest BCUT2D eigenvalue weighted by molar-refractivity contribution is 0.670. The van der Waals surface area contributed by atoms with E-state index in [1.165, 1.54) is 0 Å². The zero-order valence-electron chi connectivity index (χ0n) is 29.5. The Morgan fingerprint density at radius 1 is 0.291 bits per heavy atom. The minimum atomic E-state index is 0.571. The van der Waals surface area contributed by atoms with Crippen molar-refractivity contribution in [1.82, 2.24) is 24.9 Å². The average molecular weight is 706 g/mol. The number of nitrogens with zero attached hydrogens (tertiary/aromatic N) is 5. The van der Waals surface area contributed by atoms with Gasteiger partial charge in [0.15, 0.2) is 23.3 Å². The second-order valence-electron chi connectivity index (χ2n) is 13.3. The van der Waals surface area contributed by atoms with Crippen molar-refractivity contribution >= 4 is 21.9 Å². The molecule has 3 heterocycles. The summed E-state index contributed by atoms with van der Waals surface area (Å²) in [5.74, 6) is 2.44. The molecule has 6 heteroatoms. The summed E-state index contributed by atoms with van der Waals surface area (Å²) in [6.07, 6.45) is 0. The Morgan fingerprint density at radius 3 is 1.36 bits per heavy atom. The summed E-state index contributed by atoms with van der Waals surface area (Å²) in [7, 11) is 0. The highest BCUT2D eigenvalue weighted by Gasteiger charge is 2.18. The number of benzene rings is 7. The molecule has 0 amide bonds. The van der Waals surface area contributed by atoms with E-state index in [9.17, 15) is 0 Å². The monoisotopic (exact) mass is 705 g/mol. The Balaban J connectivity index is 1.10. The summed E-state index contributed by atoms with van der Waals surface area (Å²) in [6, 6.07) is 63.4. The fourth-order valence-corrected chi connectivity index (χ4v) is 6.99. The van der Waals surface area contributed by atoms with E-state index < -0.39 is 0 Å². The summed E-state index contributed by atoms with van der Waals surface area (Å²) in [5.41, 5.74) is 10.9. The minimum Gasteiger partial charge on any atom is -0.455 e. The molecule has 3 aromatic heterocycles. The van der Waals surface area contributed by atoms with Crippen molar-refractivity contribution in [3.05, 3.63) is 188 Å². The second kappa shape index (κ2) is 13.8. The van der Waals surface area contributed by atoms with E-state index in [1.54, 1.807) is 0 Å². The van der Waals surface area contributed by atoms with Crippen LogP contribution < -0.4 is 0 Å². The third-order valence-corrected chi connectivity index (χ3v) is 9.78. The molecule has 0 unspecified atom stereocenters. The van der Waals surface area contributed by atoms with Crippen LogP contribution in [0, 0.1) is 0 Å². The number of rotatable bonds is 7. The Labute approximate surface area is 317 Å². The highest BCUT2D eigenvalue weighted by atomic mass is 16.3. The molecule has 0 radical (unpaired) electrons. The van der Waals surface area contributed by atoms with Crippen molar-refractivity contribution in [1.29, 1.82) is 0 Å². The number of aromatic nitrogens is 5. The first kappa shape index (κ1) is 32.1. The molecule has 0 bridgehead atoms. The minimum absolute atomic E-state index is 0.571. The van der Waals surface area contributed by atoms with Crippen molar-refractivity contribution in [3.63, 3.8) is 0 Å². The van der Waals surface area contributed by atoms with Gasteiger partial charge in [0.2, 0.25) is 0 Å². The first-order chi connectivity index (χ1) is 27.2. The van der Waals surface area contributed by atoms with Gasteiger partial charge in [0.25, 0.3) is 0 Å². The molecule has 0 saturated carbocycles. The van der Waals surface area contributed by atoms with Gasteiger partial charge in [-0.3, -0.25) is 0 Å². The van der Waals surface area contributed by atoms with E-state index in [1.807, 2.05) is 97.1 Å². The molecule has 6 nitrogen and oxygen atoms in total. The summed E-state index contributed by atoms with van der Waals surface area (Å²) in [5, 5.41) is 1.99. The Morgan fingerprint density at radius 2 is 0.745 bits per heavy atom. The molecule has 0 fully saturated rings. The molecule has 7 aromatic carbocycles. The molecule has 0 aliphatic rings. The van der Waals surface area contributed by atoms with Crippen molar-refractivity contribution in [2.45, 2.75) is 0 Å². The molecular formula is C49H31N5O. The molecule has 0 aliphatic heterocycles. The van der Waals surface area contributed by atoms with E-state index in [2.05, 4.69) is 91.0 Å². The number of hydrogen-bond donors (Lipinski definition) is 0. The Hall–Kier alpha value is -7.57. The maximum atomic E-state index is 6.75. The second-order valence-corrected chi connectivity index (χ2v) is 13.3. The fourth-order valence-electron chi connectivity index (χ4n) is 6.99. The van der Waals surface area contributed by atoms with Crippen LogP contribution in [0.5, 0.6) is 0 Å². The van der Waals surface area contributed by atoms with Gasteiger partial charge >= 0.3 is 0 Å². The molecule has 0 spiro atoms. The predicted molar refractivity (Wildman–Crippen MR) is 221 cm³/mol. The molecule has 0 saturated heterocycles. The Bertz CT molecular complexity index is 2890. The molecule has 258 valence electrons. The van der Waals surface area contributed by atoms with Crippen molar-refractivity contribution in [2.75, 3.05) is 0 Å². The first-order valence-corrected chi connectivity index (χ1v) is 18.2. The van der Waals surface area contributed by atoms with Crippen LogP contribution in [-0.4, -0.2) is 24.9 Å². The van der Waals surface area contributed by atoms with Gasteiger partial charge in [0.05, 0.1) is 11.4 Å². The zero-order valence-corrected chi connectivity index (χ0v) is 29.5. The van der Waals surface area contributed by atoms with Gasteiger partial charge < -0.3 is 4.42 Å². The molecule has 10 rings (SSSR count). The molecular weight excluding hydrogens is 675 g/mol. The van der Waals surface area contributed by atoms with E-state index in [0.29, 0.717) is 23.3 Å². The summed E-state index contributed by atoms with van der Waals surface area (Å²) >= 11 is 0. The van der Waals surface area contributed by atoms with Gasteiger partial charge in [0.1, 0.15) is 11.2 Å². The van der Waals surface area contributed by atoms with Gasteiger partial charge in [-0.25, -0.2) is 24.9 Å². The van der Waals surface area contributed by atoms with Gasteiger partial charge in [-0.15, -0.1) is 0 Å². The number of para-hydroxylation sites is 1. The SMILES string of the molecule is c1ccc(-c2ccc(-c3nc(-c4ccccc4)cc(-c4cccc5c4oc4cc(-c6nc(-c7ccccc7)nc(-c7ccccc7)n6)ccc45)n3)cc2)cc1. The number of furan rings is 1. The van der Waals surface area contributed by atoms with Gasteiger partial charge in [-0.05, 0) is 35.4 Å². The lowest BCUT2D eigenvalue weighted by Crippen LogP contribution is -2.00. The standard InChI is InChI=1S/C49H31N5O/c1-5-14-32(15-6-1)33-24-26-37(27-25-33)46-50-42(34-16-7-2-8-17-34)31-43(51-46)41-23-13-22-40-39-29-28-38(30-44(39)55-45(40)41)49-53-47(35-18-9-3-10-19-35)52-48(54-49)36-20-11-4-12-21-36/h1-31H. The smallest absolute Gasteiger partial charge is 0.164 e. The third-order valence-electron chi connectivity index (χ3n) is 9.78. The van der Waals surface area contributed by atoms with Crippen LogP contribution >= 0.6 is 0 Å². The third kappa shape index (κ3) is 6.22. The largest absolute Gasteiger partial charge is 0.455 e. The first-order valence-electron chi connectivity index (χ1n) is 18.2. The molecule has 55 heavy (non-hydrogen) atoms. The molecule has 0 N–H and O–H groups in total. The maximum absolute atomic E-state index is 6.75. The highest BCUT2D eigenvalue weighted by molar-refractivity contribution is 6.10. The van der Waals surface area contributed by atoms with Crippen LogP contribution in [0.4, 0.5) is 0 Å². The average Bonchev–Trinajstić information content (AvgIpc) is 3.66. The van der Waals surface area contributed by atoms with Crippen LogP contribution in [0.2, 0.25) is 0 Å². The normalized spacial score (nSPS) is 11.3. The zero-order chi connectivity index (χ0) is 36.6. The number of fused-ring (bicyclic) bond motifs is 3. The van der Waals surface area contributed by atoms with Gasteiger partial charge in [-0.1, -0.05) is 164 Å². The van der Waals surface area contributed by atoms with Crippen LogP contribution in [-0.2, 0) is 0 Å². The van der Waals surface area contributed by atoms with Crippen LogP contribution in [0.25, 0.3) is 101 Å². The van der Waals surface area contributed by atoms with E-state index in [0.717, 1.165) is 77.8 Å². The van der Waals surface area contributed by atoms with Gasteiger partial charge in [-0.2, -0.15) is 0 Å². The molecule has 0 atom stereocenters. The number of hydrogen-bond acceptors (Lipinski definition) is 6. The highest BCUT2D eigenvalue weighted by Crippen LogP contribution is 2.38. The summed E-state index contributed by atoms with van der Waals surface area (Å²) in [4.78, 5) is 25.0. The van der Waals surface area contributed by atoms with Gasteiger partial charge in [0, 0.05) is 44.2 Å². The van der Waals surface area contributed by atoms with E-state index in [-0.39, 0.29) is 0 Å². The van der Waals surface area contributed by atoms with Crippen molar-refractivity contribution < 1.29 is 4.42 Å². The molecule has 10 aromatic rings.